The van der Waals surface area contributed by atoms with E-state index in [0.717, 1.165) is 32.9 Å². The summed E-state index contributed by atoms with van der Waals surface area (Å²) in [5, 5.41) is 0. The van der Waals surface area contributed by atoms with Crippen molar-refractivity contribution < 1.29 is 22.7 Å². The number of carbonyl (C=O) groups is 1. The van der Waals surface area contributed by atoms with Gasteiger partial charge in [-0.3, -0.25) is 4.79 Å². The fourth-order valence-corrected chi connectivity index (χ4v) is 4.64. The normalized spacial score (nSPS) is 14.9. The SMILES string of the molecule is O=C(CSc1nc2ccccc2s1)N1CC(Oc2cc(C(F)(F)F)ccn2)C1. The third kappa shape index (κ3) is 4.22. The van der Waals surface area contributed by atoms with Crippen molar-refractivity contribution in [1.29, 1.82) is 0 Å². The summed E-state index contributed by atoms with van der Waals surface area (Å²) < 4.78 is 45.5. The molecule has 0 unspecified atom stereocenters. The van der Waals surface area contributed by atoms with Gasteiger partial charge in [0.1, 0.15) is 6.10 Å². The lowest BCUT2D eigenvalue weighted by atomic mass is 10.1. The Morgan fingerprint density at radius 3 is 2.82 bits per heavy atom. The second-order valence-corrected chi connectivity index (χ2v) is 8.41. The highest BCUT2D eigenvalue weighted by atomic mass is 32.2. The van der Waals surface area contributed by atoms with Crippen molar-refractivity contribution in [2.24, 2.45) is 0 Å². The molecule has 0 spiro atoms. The Balaban J connectivity index is 1.26. The van der Waals surface area contributed by atoms with Gasteiger partial charge in [0.05, 0.1) is 34.6 Å². The quantitative estimate of drug-likeness (QED) is 0.577. The van der Waals surface area contributed by atoms with Gasteiger partial charge in [0.25, 0.3) is 0 Å². The number of para-hydroxylation sites is 1. The minimum atomic E-state index is -4.44. The summed E-state index contributed by atoms with van der Waals surface area (Å²) in [5.74, 6) is 0.117. The molecule has 28 heavy (non-hydrogen) atoms. The van der Waals surface area contributed by atoms with Crippen LogP contribution in [0, 0.1) is 0 Å². The molecule has 1 saturated heterocycles. The largest absolute Gasteiger partial charge is 0.471 e. The Hall–Kier alpha value is -2.33. The number of rotatable bonds is 5. The van der Waals surface area contributed by atoms with Crippen LogP contribution in [0.2, 0.25) is 0 Å². The van der Waals surface area contributed by atoms with Crippen molar-refractivity contribution in [2.45, 2.75) is 16.6 Å². The Kier molecular flexibility index (Phi) is 5.15. The number of alkyl halides is 3. The first-order valence-electron chi connectivity index (χ1n) is 8.34. The molecule has 1 aromatic carbocycles. The second-order valence-electron chi connectivity index (χ2n) is 6.16. The van der Waals surface area contributed by atoms with Crippen LogP contribution in [0.4, 0.5) is 13.2 Å². The number of ether oxygens (including phenoxy) is 1. The van der Waals surface area contributed by atoms with Gasteiger partial charge < -0.3 is 9.64 Å². The van der Waals surface area contributed by atoms with Crippen LogP contribution < -0.4 is 4.74 Å². The van der Waals surface area contributed by atoms with Gasteiger partial charge in [-0.05, 0) is 18.2 Å². The van der Waals surface area contributed by atoms with E-state index in [1.54, 1.807) is 4.90 Å². The van der Waals surface area contributed by atoms with Crippen LogP contribution in [0.15, 0.2) is 46.9 Å². The molecule has 4 rings (SSSR count). The number of aromatic nitrogens is 2. The molecule has 0 aliphatic carbocycles. The minimum Gasteiger partial charge on any atom is -0.471 e. The predicted molar refractivity (Wildman–Crippen MR) is 101 cm³/mol. The lowest BCUT2D eigenvalue weighted by molar-refractivity contribution is -0.138. The monoisotopic (exact) mass is 425 g/mol. The summed E-state index contributed by atoms with van der Waals surface area (Å²) in [6.45, 7) is 0.661. The van der Waals surface area contributed by atoms with Crippen molar-refractivity contribution in [3.05, 3.63) is 48.2 Å². The fraction of sp³-hybridized carbons (Fsp3) is 0.278. The molecule has 0 bridgehead atoms. The number of hydrogen-bond donors (Lipinski definition) is 0. The Morgan fingerprint density at radius 2 is 2.07 bits per heavy atom. The molecule has 1 amide bonds. The van der Waals surface area contributed by atoms with E-state index in [1.807, 2.05) is 24.3 Å². The molecular formula is C18H14F3N3O2S2. The highest BCUT2D eigenvalue weighted by Crippen LogP contribution is 2.32. The average Bonchev–Trinajstić information content (AvgIpc) is 3.05. The molecule has 0 atom stereocenters. The average molecular weight is 425 g/mol. The Labute approximate surface area is 166 Å². The number of thiazole rings is 1. The van der Waals surface area contributed by atoms with Gasteiger partial charge in [0, 0.05) is 12.3 Å². The number of pyridine rings is 1. The van der Waals surface area contributed by atoms with Gasteiger partial charge in [-0.15, -0.1) is 11.3 Å². The first kappa shape index (κ1) is 19.0. The number of carbonyl (C=O) groups excluding carboxylic acids is 1. The number of likely N-dealkylation sites (tertiary alicyclic amines) is 1. The van der Waals surface area contributed by atoms with Crippen LogP contribution in [-0.4, -0.2) is 45.7 Å². The first-order chi connectivity index (χ1) is 13.4. The molecule has 0 saturated carbocycles. The summed E-state index contributed by atoms with van der Waals surface area (Å²) in [7, 11) is 0. The number of amides is 1. The Morgan fingerprint density at radius 1 is 1.29 bits per heavy atom. The maximum Gasteiger partial charge on any atom is 0.416 e. The van der Waals surface area contributed by atoms with Crippen LogP contribution in [0.5, 0.6) is 5.88 Å². The highest BCUT2D eigenvalue weighted by Gasteiger charge is 2.34. The van der Waals surface area contributed by atoms with Gasteiger partial charge in [-0.1, -0.05) is 23.9 Å². The van der Waals surface area contributed by atoms with Crippen molar-refractivity contribution in [3.63, 3.8) is 0 Å². The van der Waals surface area contributed by atoms with E-state index >= 15 is 0 Å². The van der Waals surface area contributed by atoms with Gasteiger partial charge in [0.2, 0.25) is 11.8 Å². The number of hydrogen-bond acceptors (Lipinski definition) is 6. The van der Waals surface area contributed by atoms with Crippen LogP contribution in [0.25, 0.3) is 10.2 Å². The number of benzene rings is 1. The maximum atomic E-state index is 12.7. The van der Waals surface area contributed by atoms with Crippen molar-refractivity contribution in [2.75, 3.05) is 18.8 Å². The molecule has 0 radical (unpaired) electrons. The molecule has 2 aromatic heterocycles. The molecule has 5 nitrogen and oxygen atoms in total. The summed E-state index contributed by atoms with van der Waals surface area (Å²) >= 11 is 2.92. The lowest BCUT2D eigenvalue weighted by Crippen LogP contribution is -2.56. The van der Waals surface area contributed by atoms with E-state index < -0.39 is 11.7 Å². The first-order valence-corrected chi connectivity index (χ1v) is 10.1. The van der Waals surface area contributed by atoms with E-state index in [0.29, 0.717) is 13.1 Å². The van der Waals surface area contributed by atoms with Crippen LogP contribution in [0.3, 0.4) is 0 Å². The lowest BCUT2D eigenvalue weighted by Gasteiger charge is -2.38. The summed E-state index contributed by atoms with van der Waals surface area (Å²) in [6, 6.07) is 9.53. The number of thioether (sulfide) groups is 1. The molecule has 1 aliphatic rings. The molecule has 0 N–H and O–H groups in total. The zero-order valence-electron chi connectivity index (χ0n) is 14.3. The van der Waals surface area contributed by atoms with Crippen LogP contribution in [0.1, 0.15) is 5.56 Å². The van der Waals surface area contributed by atoms with E-state index in [-0.39, 0.29) is 23.6 Å². The smallest absolute Gasteiger partial charge is 0.416 e. The van der Waals surface area contributed by atoms with Crippen LogP contribution in [-0.2, 0) is 11.0 Å². The van der Waals surface area contributed by atoms with E-state index in [4.69, 9.17) is 4.74 Å². The third-order valence-electron chi connectivity index (χ3n) is 4.14. The molecular weight excluding hydrogens is 411 g/mol. The summed E-state index contributed by atoms with van der Waals surface area (Å²) in [5.41, 5.74) is 0.102. The van der Waals surface area contributed by atoms with Gasteiger partial charge >= 0.3 is 6.18 Å². The van der Waals surface area contributed by atoms with Crippen molar-refractivity contribution in [3.8, 4) is 5.88 Å². The second kappa shape index (κ2) is 7.59. The van der Waals surface area contributed by atoms with Crippen molar-refractivity contribution in [1.82, 2.24) is 14.9 Å². The topological polar surface area (TPSA) is 55.3 Å². The molecule has 10 heteroatoms. The number of fused-ring (bicyclic) bond motifs is 1. The van der Waals surface area contributed by atoms with E-state index in [9.17, 15) is 18.0 Å². The predicted octanol–water partition coefficient (Wildman–Crippen LogP) is 4.09. The fourth-order valence-electron chi connectivity index (χ4n) is 2.66. The molecule has 1 fully saturated rings. The zero-order chi connectivity index (χ0) is 19.7. The van der Waals surface area contributed by atoms with Gasteiger partial charge in [0.15, 0.2) is 4.34 Å². The number of nitrogens with zero attached hydrogens (tertiary/aromatic N) is 3. The maximum absolute atomic E-state index is 12.7. The zero-order valence-corrected chi connectivity index (χ0v) is 16.0. The highest BCUT2D eigenvalue weighted by molar-refractivity contribution is 8.01. The molecule has 3 aromatic rings. The van der Waals surface area contributed by atoms with E-state index in [1.165, 1.54) is 23.1 Å². The minimum absolute atomic E-state index is 0.0545. The van der Waals surface area contributed by atoms with Crippen LogP contribution >= 0.6 is 23.1 Å². The Bertz CT molecular complexity index is 970. The van der Waals surface area contributed by atoms with Gasteiger partial charge in [-0.25, -0.2) is 9.97 Å². The number of halogens is 3. The third-order valence-corrected chi connectivity index (χ3v) is 6.31. The van der Waals surface area contributed by atoms with Crippen molar-refractivity contribution >= 4 is 39.2 Å². The molecule has 1 aliphatic heterocycles. The standard InChI is InChI=1S/C18H14F3N3O2S2/c19-18(20,21)11-5-6-22-15(7-11)26-12-8-24(9-12)16(25)10-27-17-23-13-3-1-2-4-14(13)28-17/h1-7,12H,8-10H2. The summed E-state index contributed by atoms with van der Waals surface area (Å²) in [4.78, 5) is 22.1. The molecule has 146 valence electrons. The van der Waals surface area contributed by atoms with E-state index in [2.05, 4.69) is 9.97 Å². The molecule has 3 heterocycles. The van der Waals surface area contributed by atoms with Gasteiger partial charge in [-0.2, -0.15) is 13.2 Å². The summed E-state index contributed by atoms with van der Waals surface area (Å²) in [6.07, 6.45) is -3.73.